The van der Waals surface area contributed by atoms with Crippen LogP contribution in [0.3, 0.4) is 0 Å². The van der Waals surface area contributed by atoms with Gasteiger partial charge in [0, 0.05) is 12.3 Å². The SMILES string of the molecule is O=C1CC2CCC1C/C2=C\c1cccc2ccccc12. The molecule has 0 radical (unpaired) electrons. The zero-order chi connectivity index (χ0) is 13.5. The fraction of sp³-hybridized carbons (Fsp3) is 0.316. The second kappa shape index (κ2) is 4.59. The van der Waals surface area contributed by atoms with Crippen LogP contribution in [-0.4, -0.2) is 5.78 Å². The molecule has 0 aliphatic heterocycles. The van der Waals surface area contributed by atoms with E-state index in [0.717, 1.165) is 19.3 Å². The predicted octanol–water partition coefficient (Wildman–Crippen LogP) is 4.61. The van der Waals surface area contributed by atoms with Crippen molar-refractivity contribution < 1.29 is 4.79 Å². The molecule has 1 nitrogen and oxygen atoms in total. The van der Waals surface area contributed by atoms with E-state index in [-0.39, 0.29) is 0 Å². The number of carbonyl (C=O) groups excluding carboxylic acids is 1. The van der Waals surface area contributed by atoms with Crippen molar-refractivity contribution in [1.82, 2.24) is 0 Å². The number of Topliss-reactive ketones (excluding diaryl/α,β-unsaturated/α-hetero) is 1. The van der Waals surface area contributed by atoms with E-state index in [9.17, 15) is 4.79 Å². The van der Waals surface area contributed by atoms with Crippen molar-refractivity contribution in [2.45, 2.75) is 25.7 Å². The van der Waals surface area contributed by atoms with E-state index in [4.69, 9.17) is 0 Å². The molecule has 3 aliphatic carbocycles. The van der Waals surface area contributed by atoms with Gasteiger partial charge in [0.25, 0.3) is 0 Å². The summed E-state index contributed by atoms with van der Waals surface area (Å²) in [5.41, 5.74) is 2.80. The average molecular weight is 262 g/mol. The Morgan fingerprint density at radius 2 is 1.70 bits per heavy atom. The van der Waals surface area contributed by atoms with Crippen molar-refractivity contribution in [1.29, 1.82) is 0 Å². The Labute approximate surface area is 119 Å². The summed E-state index contributed by atoms with van der Waals surface area (Å²) >= 11 is 0. The molecule has 20 heavy (non-hydrogen) atoms. The van der Waals surface area contributed by atoms with Gasteiger partial charge in [0.05, 0.1) is 0 Å². The molecule has 2 aromatic carbocycles. The van der Waals surface area contributed by atoms with Crippen LogP contribution in [0.4, 0.5) is 0 Å². The number of allylic oxidation sites excluding steroid dienone is 1. The molecule has 5 rings (SSSR count). The first-order valence-electron chi connectivity index (χ1n) is 7.52. The Hall–Kier alpha value is -1.89. The van der Waals surface area contributed by atoms with Crippen molar-refractivity contribution in [2.75, 3.05) is 0 Å². The minimum Gasteiger partial charge on any atom is -0.299 e. The molecular formula is C19H18O. The molecule has 0 spiro atoms. The molecule has 3 aliphatic rings. The molecule has 1 heteroatoms. The Balaban J connectivity index is 1.78. The Morgan fingerprint density at radius 3 is 2.50 bits per heavy atom. The van der Waals surface area contributed by atoms with Gasteiger partial charge >= 0.3 is 0 Å². The summed E-state index contributed by atoms with van der Waals surface area (Å²) < 4.78 is 0. The third-order valence-corrected chi connectivity index (χ3v) is 4.94. The number of benzene rings is 2. The van der Waals surface area contributed by atoms with Crippen LogP contribution >= 0.6 is 0 Å². The number of fused-ring (bicyclic) bond motifs is 4. The summed E-state index contributed by atoms with van der Waals surface area (Å²) in [6, 6.07) is 15.0. The molecule has 2 atom stereocenters. The van der Waals surface area contributed by atoms with E-state index in [1.54, 1.807) is 0 Å². The molecule has 2 unspecified atom stereocenters. The molecule has 3 saturated carbocycles. The maximum absolute atomic E-state index is 11.8. The van der Waals surface area contributed by atoms with Gasteiger partial charge in [0.15, 0.2) is 0 Å². The van der Waals surface area contributed by atoms with Crippen molar-refractivity contribution in [3.63, 3.8) is 0 Å². The van der Waals surface area contributed by atoms with Gasteiger partial charge in [0.2, 0.25) is 0 Å². The van der Waals surface area contributed by atoms with E-state index < -0.39 is 0 Å². The molecule has 100 valence electrons. The summed E-state index contributed by atoms with van der Waals surface area (Å²) in [6.45, 7) is 0. The molecule has 0 N–H and O–H groups in total. The Morgan fingerprint density at radius 1 is 0.900 bits per heavy atom. The lowest BCUT2D eigenvalue weighted by molar-refractivity contribution is -0.127. The van der Waals surface area contributed by atoms with Crippen LogP contribution in [0, 0.1) is 11.8 Å². The van der Waals surface area contributed by atoms with Crippen molar-refractivity contribution in [3.8, 4) is 0 Å². The second-order valence-corrected chi connectivity index (χ2v) is 6.13. The minimum atomic E-state index is 0.307. The van der Waals surface area contributed by atoms with Crippen LogP contribution in [-0.2, 0) is 4.79 Å². The average Bonchev–Trinajstić information content (AvgIpc) is 2.49. The van der Waals surface area contributed by atoms with Crippen LogP contribution in [0.2, 0.25) is 0 Å². The number of ketones is 1. The third-order valence-electron chi connectivity index (χ3n) is 4.94. The first-order chi connectivity index (χ1) is 9.81. The monoisotopic (exact) mass is 262 g/mol. The van der Waals surface area contributed by atoms with Gasteiger partial charge in [-0.3, -0.25) is 4.79 Å². The van der Waals surface area contributed by atoms with Crippen molar-refractivity contribution >= 4 is 22.6 Å². The first-order valence-corrected chi connectivity index (χ1v) is 7.52. The zero-order valence-electron chi connectivity index (χ0n) is 11.5. The molecule has 0 amide bonds. The molecule has 2 bridgehead atoms. The van der Waals surface area contributed by atoms with Gasteiger partial charge in [-0.25, -0.2) is 0 Å². The minimum absolute atomic E-state index is 0.307. The van der Waals surface area contributed by atoms with E-state index in [1.165, 1.54) is 28.3 Å². The summed E-state index contributed by atoms with van der Waals surface area (Å²) in [7, 11) is 0. The first kappa shape index (κ1) is 11.9. The highest BCUT2D eigenvalue weighted by Crippen LogP contribution is 2.43. The third kappa shape index (κ3) is 1.89. The van der Waals surface area contributed by atoms with Crippen LogP contribution < -0.4 is 0 Å². The normalized spacial score (nSPS) is 27.4. The lowest BCUT2D eigenvalue weighted by Gasteiger charge is -2.37. The van der Waals surface area contributed by atoms with E-state index in [0.29, 0.717) is 17.6 Å². The highest BCUT2D eigenvalue weighted by molar-refractivity contribution is 5.91. The summed E-state index contributed by atoms with van der Waals surface area (Å²) in [5, 5.41) is 2.61. The molecule has 3 fully saturated rings. The fourth-order valence-electron chi connectivity index (χ4n) is 3.81. The van der Waals surface area contributed by atoms with Crippen LogP contribution in [0.1, 0.15) is 31.2 Å². The number of carbonyl (C=O) groups is 1. The fourth-order valence-corrected chi connectivity index (χ4v) is 3.81. The second-order valence-electron chi connectivity index (χ2n) is 6.13. The molecule has 0 saturated heterocycles. The lowest BCUT2D eigenvalue weighted by atomic mass is 9.67. The maximum atomic E-state index is 11.8. The predicted molar refractivity (Wildman–Crippen MR) is 82.4 cm³/mol. The smallest absolute Gasteiger partial charge is 0.136 e. The molecule has 0 heterocycles. The van der Waals surface area contributed by atoms with Gasteiger partial charge in [-0.05, 0) is 41.5 Å². The van der Waals surface area contributed by atoms with E-state index in [2.05, 4.69) is 48.5 Å². The molecule has 2 aromatic rings. The molecular weight excluding hydrogens is 244 g/mol. The summed E-state index contributed by atoms with van der Waals surface area (Å²) in [4.78, 5) is 11.8. The van der Waals surface area contributed by atoms with E-state index in [1.807, 2.05) is 0 Å². The topological polar surface area (TPSA) is 17.1 Å². The maximum Gasteiger partial charge on any atom is 0.136 e. The van der Waals surface area contributed by atoms with Crippen molar-refractivity contribution in [2.24, 2.45) is 11.8 Å². The summed E-state index contributed by atoms with van der Waals surface area (Å²) in [6.07, 6.45) is 6.43. The van der Waals surface area contributed by atoms with Gasteiger partial charge in [0.1, 0.15) is 5.78 Å². The van der Waals surface area contributed by atoms with Crippen LogP contribution in [0.5, 0.6) is 0 Å². The largest absolute Gasteiger partial charge is 0.299 e. The lowest BCUT2D eigenvalue weighted by Crippen LogP contribution is -2.32. The van der Waals surface area contributed by atoms with Crippen LogP contribution in [0.25, 0.3) is 16.8 Å². The highest BCUT2D eigenvalue weighted by atomic mass is 16.1. The van der Waals surface area contributed by atoms with Gasteiger partial charge < -0.3 is 0 Å². The number of rotatable bonds is 1. The standard InChI is InChI=1S/C19H18O/c20-19-12-14-8-9-16(19)11-17(14)10-15-6-3-5-13-4-1-2-7-18(13)15/h1-7,10,14,16H,8-9,11-12H2/b17-10+. The highest BCUT2D eigenvalue weighted by Gasteiger charge is 2.37. The summed E-state index contributed by atoms with van der Waals surface area (Å²) in [5.74, 6) is 1.31. The van der Waals surface area contributed by atoms with Gasteiger partial charge in [-0.2, -0.15) is 0 Å². The Kier molecular flexibility index (Phi) is 2.73. The van der Waals surface area contributed by atoms with E-state index >= 15 is 0 Å². The number of hydrogen-bond donors (Lipinski definition) is 0. The quantitative estimate of drug-likeness (QED) is 0.733. The van der Waals surface area contributed by atoms with Gasteiger partial charge in [-0.1, -0.05) is 54.1 Å². The zero-order valence-corrected chi connectivity index (χ0v) is 11.5. The van der Waals surface area contributed by atoms with Crippen molar-refractivity contribution in [3.05, 3.63) is 53.6 Å². The van der Waals surface area contributed by atoms with Gasteiger partial charge in [-0.15, -0.1) is 0 Å². The Bertz CT molecular complexity index is 705. The molecule has 0 aromatic heterocycles. The van der Waals surface area contributed by atoms with Crippen LogP contribution in [0.15, 0.2) is 48.0 Å². The number of hydrogen-bond acceptors (Lipinski definition) is 1.